The number of fused-ring (bicyclic) bond motifs is 1. The van der Waals surface area contributed by atoms with Crippen molar-refractivity contribution in [2.45, 2.75) is 13.8 Å². The highest BCUT2D eigenvalue weighted by molar-refractivity contribution is 6.07. The molecule has 0 atom stereocenters. The fourth-order valence-corrected chi connectivity index (χ4v) is 2.56. The lowest BCUT2D eigenvalue weighted by Gasteiger charge is -2.11. The molecule has 2 N–H and O–H groups in total. The first kappa shape index (κ1) is 17.5. The first-order valence-electron chi connectivity index (χ1n) is 7.79. The number of carbonyl (C=O) groups is 2. The molecule has 2 aromatic carbocycles. The van der Waals surface area contributed by atoms with E-state index < -0.39 is 17.5 Å². The van der Waals surface area contributed by atoms with E-state index in [2.05, 4.69) is 15.6 Å². The largest absolute Gasteiger partial charge is 0.326 e. The predicted molar refractivity (Wildman–Crippen MR) is 95.1 cm³/mol. The van der Waals surface area contributed by atoms with Gasteiger partial charge in [0.05, 0.1) is 22.5 Å². The summed E-state index contributed by atoms with van der Waals surface area (Å²) in [5, 5.41) is 5.59. The molecule has 3 aromatic rings. The maximum Gasteiger partial charge on any atom is 0.257 e. The second-order valence-corrected chi connectivity index (χ2v) is 5.79. The van der Waals surface area contributed by atoms with E-state index in [1.165, 1.54) is 37.3 Å². The molecule has 5 nitrogen and oxygen atoms in total. The van der Waals surface area contributed by atoms with E-state index in [1.807, 2.05) is 0 Å². The molecule has 26 heavy (non-hydrogen) atoms. The molecule has 0 saturated carbocycles. The van der Waals surface area contributed by atoms with Crippen molar-refractivity contribution in [1.82, 2.24) is 4.98 Å². The quantitative estimate of drug-likeness (QED) is 0.745. The van der Waals surface area contributed by atoms with Crippen molar-refractivity contribution in [2.75, 3.05) is 10.6 Å². The third-order valence-corrected chi connectivity index (χ3v) is 3.75. The predicted octanol–water partition coefficient (Wildman–Crippen LogP) is 4.03. The number of pyridine rings is 1. The topological polar surface area (TPSA) is 71.1 Å². The Morgan fingerprint density at radius 2 is 1.77 bits per heavy atom. The summed E-state index contributed by atoms with van der Waals surface area (Å²) < 4.78 is 27.3. The minimum absolute atomic E-state index is 0.0696. The van der Waals surface area contributed by atoms with Gasteiger partial charge in [0.15, 0.2) is 0 Å². The molecule has 132 valence electrons. The number of hydrogen-bond acceptors (Lipinski definition) is 3. The molecular weight excluding hydrogens is 340 g/mol. The van der Waals surface area contributed by atoms with Crippen LogP contribution in [0.5, 0.6) is 0 Å². The van der Waals surface area contributed by atoms with Crippen molar-refractivity contribution in [3.05, 3.63) is 65.4 Å². The van der Waals surface area contributed by atoms with Crippen LogP contribution in [0.25, 0.3) is 10.9 Å². The smallest absolute Gasteiger partial charge is 0.257 e. The van der Waals surface area contributed by atoms with Crippen LogP contribution in [0.2, 0.25) is 0 Å². The zero-order chi connectivity index (χ0) is 18.8. The van der Waals surface area contributed by atoms with Gasteiger partial charge in [0.1, 0.15) is 11.6 Å². The number of benzene rings is 2. The van der Waals surface area contributed by atoms with Gasteiger partial charge in [0, 0.05) is 24.1 Å². The minimum Gasteiger partial charge on any atom is -0.326 e. The Kier molecular flexibility index (Phi) is 4.62. The Balaban J connectivity index is 1.93. The van der Waals surface area contributed by atoms with Crippen LogP contribution in [0.4, 0.5) is 20.2 Å². The van der Waals surface area contributed by atoms with Gasteiger partial charge >= 0.3 is 0 Å². The fourth-order valence-electron chi connectivity index (χ4n) is 2.56. The number of nitrogens with one attached hydrogen (secondary N) is 2. The fraction of sp³-hybridized carbons (Fsp3) is 0.105. The summed E-state index contributed by atoms with van der Waals surface area (Å²) in [6, 6.07) is 9.51. The Morgan fingerprint density at radius 3 is 2.50 bits per heavy atom. The number of nitrogens with zero attached hydrogens (tertiary/aromatic N) is 1. The lowest BCUT2D eigenvalue weighted by Crippen LogP contribution is -2.16. The van der Waals surface area contributed by atoms with Crippen molar-refractivity contribution >= 4 is 34.1 Å². The number of amides is 2. The van der Waals surface area contributed by atoms with E-state index in [4.69, 9.17) is 0 Å². The molecule has 0 saturated heterocycles. The minimum atomic E-state index is -0.638. The van der Waals surface area contributed by atoms with Crippen LogP contribution >= 0.6 is 0 Å². The second kappa shape index (κ2) is 6.87. The number of aromatic nitrogens is 1. The van der Waals surface area contributed by atoms with Gasteiger partial charge in [0.25, 0.3) is 5.91 Å². The van der Waals surface area contributed by atoms with Gasteiger partial charge in [-0.2, -0.15) is 0 Å². The SMILES string of the molecule is CC(=O)Nc1ccc(F)c(NC(=O)c2cc3ccc(F)cc3nc2C)c1. The van der Waals surface area contributed by atoms with E-state index in [0.29, 0.717) is 22.3 Å². The zero-order valence-corrected chi connectivity index (χ0v) is 14.1. The Morgan fingerprint density at radius 1 is 1.00 bits per heavy atom. The third kappa shape index (κ3) is 3.66. The first-order chi connectivity index (χ1) is 12.3. The number of rotatable bonds is 3. The molecule has 2 amide bonds. The summed E-state index contributed by atoms with van der Waals surface area (Å²) >= 11 is 0. The van der Waals surface area contributed by atoms with Gasteiger partial charge in [-0.05, 0) is 43.3 Å². The first-order valence-corrected chi connectivity index (χ1v) is 7.79. The summed E-state index contributed by atoms with van der Waals surface area (Å²) in [5.41, 5.74) is 1.35. The molecule has 7 heteroatoms. The van der Waals surface area contributed by atoms with Crippen molar-refractivity contribution in [3.63, 3.8) is 0 Å². The van der Waals surface area contributed by atoms with Crippen molar-refractivity contribution in [3.8, 4) is 0 Å². The number of halogens is 2. The molecule has 1 aromatic heterocycles. The summed E-state index contributed by atoms with van der Waals surface area (Å²) in [7, 11) is 0. The Labute approximate surface area is 148 Å². The molecule has 1 heterocycles. The molecule has 0 radical (unpaired) electrons. The molecule has 0 unspecified atom stereocenters. The lowest BCUT2D eigenvalue weighted by molar-refractivity contribution is -0.114. The summed E-state index contributed by atoms with van der Waals surface area (Å²) in [6.45, 7) is 2.94. The molecule has 3 rings (SSSR count). The lowest BCUT2D eigenvalue weighted by atomic mass is 10.1. The van der Waals surface area contributed by atoms with Crippen LogP contribution in [-0.2, 0) is 4.79 Å². The Bertz CT molecular complexity index is 1030. The monoisotopic (exact) mass is 355 g/mol. The molecule has 0 aliphatic heterocycles. The highest BCUT2D eigenvalue weighted by Crippen LogP contribution is 2.22. The van der Waals surface area contributed by atoms with Crippen LogP contribution in [0.15, 0.2) is 42.5 Å². The second-order valence-electron chi connectivity index (χ2n) is 5.79. The van der Waals surface area contributed by atoms with E-state index in [9.17, 15) is 18.4 Å². The van der Waals surface area contributed by atoms with Crippen LogP contribution in [0.3, 0.4) is 0 Å². The standard InChI is InChI=1S/C19H15F2N3O2/c1-10-15(7-12-3-4-13(20)8-17(12)22-10)19(26)24-18-9-14(23-11(2)25)5-6-16(18)21/h3-9H,1-2H3,(H,23,25)(H,24,26). The molecular formula is C19H15F2N3O2. The molecule has 0 aliphatic rings. The van der Waals surface area contributed by atoms with Crippen molar-refractivity contribution < 1.29 is 18.4 Å². The number of anilines is 2. The van der Waals surface area contributed by atoms with Gasteiger partial charge < -0.3 is 10.6 Å². The maximum atomic E-state index is 14.0. The average Bonchev–Trinajstić information content (AvgIpc) is 2.56. The van der Waals surface area contributed by atoms with E-state index in [-0.39, 0.29) is 17.2 Å². The van der Waals surface area contributed by atoms with Crippen molar-refractivity contribution in [1.29, 1.82) is 0 Å². The van der Waals surface area contributed by atoms with Gasteiger partial charge in [-0.3, -0.25) is 14.6 Å². The normalized spacial score (nSPS) is 10.6. The third-order valence-electron chi connectivity index (χ3n) is 3.75. The summed E-state index contributed by atoms with van der Waals surface area (Å²) in [5.74, 6) is -1.92. The molecule has 0 bridgehead atoms. The van der Waals surface area contributed by atoms with Crippen LogP contribution in [0, 0.1) is 18.6 Å². The Hall–Kier alpha value is -3.35. The van der Waals surface area contributed by atoms with Gasteiger partial charge in [0.2, 0.25) is 5.91 Å². The maximum absolute atomic E-state index is 14.0. The average molecular weight is 355 g/mol. The van der Waals surface area contributed by atoms with Crippen molar-refractivity contribution in [2.24, 2.45) is 0 Å². The van der Waals surface area contributed by atoms with Crippen LogP contribution < -0.4 is 10.6 Å². The van der Waals surface area contributed by atoms with E-state index in [0.717, 1.165) is 6.07 Å². The van der Waals surface area contributed by atoms with Gasteiger partial charge in [-0.25, -0.2) is 8.78 Å². The molecule has 0 spiro atoms. The van der Waals surface area contributed by atoms with Gasteiger partial charge in [-0.15, -0.1) is 0 Å². The zero-order valence-electron chi connectivity index (χ0n) is 14.1. The number of hydrogen-bond donors (Lipinski definition) is 2. The highest BCUT2D eigenvalue weighted by Gasteiger charge is 2.15. The molecule has 0 aliphatic carbocycles. The molecule has 0 fully saturated rings. The van der Waals surface area contributed by atoms with Crippen LogP contribution in [0.1, 0.15) is 23.0 Å². The highest BCUT2D eigenvalue weighted by atomic mass is 19.1. The van der Waals surface area contributed by atoms with Gasteiger partial charge in [-0.1, -0.05) is 0 Å². The number of aryl methyl sites for hydroxylation is 1. The number of carbonyl (C=O) groups excluding carboxylic acids is 2. The van der Waals surface area contributed by atoms with Crippen LogP contribution in [-0.4, -0.2) is 16.8 Å². The summed E-state index contributed by atoms with van der Waals surface area (Å²) in [6.07, 6.45) is 0. The van der Waals surface area contributed by atoms with E-state index >= 15 is 0 Å². The van der Waals surface area contributed by atoms with E-state index in [1.54, 1.807) is 13.0 Å². The summed E-state index contributed by atoms with van der Waals surface area (Å²) in [4.78, 5) is 27.9.